The molecule has 1 aromatic rings. The maximum absolute atomic E-state index is 11.3. The summed E-state index contributed by atoms with van der Waals surface area (Å²) in [6, 6.07) is 0. The van der Waals surface area contributed by atoms with Crippen LogP contribution in [0, 0.1) is 0 Å². The van der Waals surface area contributed by atoms with Crippen molar-refractivity contribution in [2.75, 3.05) is 26.2 Å². The number of piperazine rings is 1. The summed E-state index contributed by atoms with van der Waals surface area (Å²) in [5.41, 5.74) is 1.34. The molecular formula is C13H19N3OS. The number of thiazole rings is 1. The van der Waals surface area contributed by atoms with E-state index < -0.39 is 0 Å². The van der Waals surface area contributed by atoms with Gasteiger partial charge in [0.1, 0.15) is 5.01 Å². The van der Waals surface area contributed by atoms with Crippen LogP contribution in [0.4, 0.5) is 0 Å². The van der Waals surface area contributed by atoms with Gasteiger partial charge in [0.15, 0.2) is 0 Å². The fourth-order valence-electron chi connectivity index (χ4n) is 2.72. The van der Waals surface area contributed by atoms with Crippen molar-refractivity contribution >= 4 is 17.2 Å². The van der Waals surface area contributed by atoms with E-state index in [-0.39, 0.29) is 5.91 Å². The molecule has 0 radical (unpaired) electrons. The molecular weight excluding hydrogens is 246 g/mol. The lowest BCUT2D eigenvalue weighted by Gasteiger charge is -2.33. The maximum Gasteiger partial charge on any atom is 0.219 e. The molecule has 0 spiro atoms. The van der Waals surface area contributed by atoms with Crippen LogP contribution in [0.3, 0.4) is 0 Å². The van der Waals surface area contributed by atoms with Crippen LogP contribution in [-0.4, -0.2) is 46.9 Å². The number of nitrogens with zero attached hydrogens (tertiary/aromatic N) is 3. The first-order valence-corrected chi connectivity index (χ1v) is 7.49. The Morgan fingerprint density at radius 1 is 1.28 bits per heavy atom. The van der Waals surface area contributed by atoms with E-state index in [1.54, 1.807) is 6.92 Å². The van der Waals surface area contributed by atoms with Gasteiger partial charge < -0.3 is 4.90 Å². The van der Waals surface area contributed by atoms with Gasteiger partial charge in [-0.1, -0.05) is 0 Å². The van der Waals surface area contributed by atoms with E-state index >= 15 is 0 Å². The van der Waals surface area contributed by atoms with Crippen LogP contribution in [0.15, 0.2) is 0 Å². The van der Waals surface area contributed by atoms with E-state index in [2.05, 4.69) is 4.90 Å². The number of aryl methyl sites for hydroxylation is 2. The number of carbonyl (C=O) groups excluding carboxylic acids is 1. The summed E-state index contributed by atoms with van der Waals surface area (Å²) in [4.78, 5) is 21.8. The van der Waals surface area contributed by atoms with Gasteiger partial charge >= 0.3 is 0 Å². The minimum absolute atomic E-state index is 0.197. The van der Waals surface area contributed by atoms with Gasteiger partial charge in [0.05, 0.1) is 12.2 Å². The highest BCUT2D eigenvalue weighted by Crippen LogP contribution is 2.28. The van der Waals surface area contributed by atoms with Crippen molar-refractivity contribution in [3.8, 4) is 0 Å². The minimum Gasteiger partial charge on any atom is -0.340 e. The van der Waals surface area contributed by atoms with Gasteiger partial charge in [-0.05, 0) is 19.3 Å². The summed E-state index contributed by atoms with van der Waals surface area (Å²) in [5.74, 6) is 0.197. The Bertz CT molecular complexity index is 428. The van der Waals surface area contributed by atoms with Crippen LogP contribution in [-0.2, 0) is 24.2 Å². The molecule has 1 amide bonds. The zero-order valence-corrected chi connectivity index (χ0v) is 11.6. The minimum atomic E-state index is 0.197. The molecule has 0 unspecified atom stereocenters. The first kappa shape index (κ1) is 12.1. The number of aromatic nitrogens is 1. The summed E-state index contributed by atoms with van der Waals surface area (Å²) in [5, 5.41) is 1.26. The van der Waals surface area contributed by atoms with E-state index in [0.29, 0.717) is 0 Å². The molecule has 0 bridgehead atoms. The summed E-state index contributed by atoms with van der Waals surface area (Å²) in [7, 11) is 0. The Kier molecular flexibility index (Phi) is 3.35. The Morgan fingerprint density at radius 3 is 2.72 bits per heavy atom. The first-order chi connectivity index (χ1) is 8.72. The van der Waals surface area contributed by atoms with Gasteiger partial charge in [0, 0.05) is 38.0 Å². The average Bonchev–Trinajstić information content (AvgIpc) is 2.90. The van der Waals surface area contributed by atoms with Gasteiger partial charge in [-0.15, -0.1) is 11.3 Å². The van der Waals surface area contributed by atoms with Crippen molar-refractivity contribution in [3.63, 3.8) is 0 Å². The molecule has 98 valence electrons. The average molecular weight is 265 g/mol. The van der Waals surface area contributed by atoms with Crippen molar-refractivity contribution in [1.29, 1.82) is 0 Å². The molecule has 0 saturated carbocycles. The Balaban J connectivity index is 1.56. The number of hydrogen-bond acceptors (Lipinski definition) is 4. The fraction of sp³-hybridized carbons (Fsp3) is 0.692. The molecule has 4 nitrogen and oxygen atoms in total. The van der Waals surface area contributed by atoms with E-state index in [9.17, 15) is 4.79 Å². The van der Waals surface area contributed by atoms with Gasteiger partial charge in [-0.3, -0.25) is 9.69 Å². The van der Waals surface area contributed by atoms with Crippen LogP contribution < -0.4 is 0 Å². The van der Waals surface area contributed by atoms with Gasteiger partial charge in [0.2, 0.25) is 5.91 Å². The molecule has 18 heavy (non-hydrogen) atoms. The number of rotatable bonds is 2. The van der Waals surface area contributed by atoms with E-state index in [1.165, 1.54) is 34.8 Å². The third kappa shape index (κ3) is 2.42. The smallest absolute Gasteiger partial charge is 0.219 e. The summed E-state index contributed by atoms with van der Waals surface area (Å²) >= 11 is 1.89. The van der Waals surface area contributed by atoms with Crippen LogP contribution in [0.2, 0.25) is 0 Å². The topological polar surface area (TPSA) is 36.4 Å². The lowest BCUT2D eigenvalue weighted by molar-refractivity contribution is -0.130. The molecule has 2 heterocycles. The lowest BCUT2D eigenvalue weighted by atomic mass is 10.3. The van der Waals surface area contributed by atoms with Crippen LogP contribution in [0.5, 0.6) is 0 Å². The molecule has 3 rings (SSSR count). The van der Waals surface area contributed by atoms with E-state index in [4.69, 9.17) is 4.98 Å². The molecule has 0 atom stereocenters. The van der Waals surface area contributed by atoms with Crippen molar-refractivity contribution in [3.05, 3.63) is 15.6 Å². The van der Waals surface area contributed by atoms with Crippen molar-refractivity contribution in [2.24, 2.45) is 0 Å². The highest BCUT2D eigenvalue weighted by atomic mass is 32.1. The normalized spacial score (nSPS) is 20.2. The molecule has 0 aromatic carbocycles. The highest BCUT2D eigenvalue weighted by molar-refractivity contribution is 7.11. The molecule has 1 aromatic heterocycles. The molecule has 1 saturated heterocycles. The highest BCUT2D eigenvalue weighted by Gasteiger charge is 2.21. The van der Waals surface area contributed by atoms with Crippen molar-refractivity contribution in [2.45, 2.75) is 32.7 Å². The first-order valence-electron chi connectivity index (χ1n) is 6.67. The standard InChI is InChI=1S/C13H19N3OS/c1-10(17)16-7-5-15(6-8-16)9-13-14-11-3-2-4-12(11)18-13/h2-9H2,1H3. The summed E-state index contributed by atoms with van der Waals surface area (Å²) in [6.45, 7) is 6.29. The quantitative estimate of drug-likeness (QED) is 0.808. The third-order valence-electron chi connectivity index (χ3n) is 3.82. The van der Waals surface area contributed by atoms with Crippen LogP contribution >= 0.6 is 11.3 Å². The zero-order chi connectivity index (χ0) is 12.5. The molecule has 5 heteroatoms. The summed E-state index contributed by atoms with van der Waals surface area (Å²) in [6.07, 6.45) is 3.68. The molecule has 0 N–H and O–H groups in total. The van der Waals surface area contributed by atoms with Crippen molar-refractivity contribution in [1.82, 2.24) is 14.8 Å². The Morgan fingerprint density at radius 2 is 2.06 bits per heavy atom. The number of hydrogen-bond donors (Lipinski definition) is 0. The van der Waals surface area contributed by atoms with Crippen LogP contribution in [0.25, 0.3) is 0 Å². The molecule has 2 aliphatic rings. The third-order valence-corrected chi connectivity index (χ3v) is 4.96. The van der Waals surface area contributed by atoms with Gasteiger partial charge in [0.25, 0.3) is 0 Å². The van der Waals surface area contributed by atoms with Crippen LogP contribution in [0.1, 0.15) is 28.9 Å². The second-order valence-electron chi connectivity index (χ2n) is 5.11. The van der Waals surface area contributed by atoms with E-state index in [1.807, 2.05) is 16.2 Å². The largest absolute Gasteiger partial charge is 0.340 e. The lowest BCUT2D eigenvalue weighted by Crippen LogP contribution is -2.47. The predicted molar refractivity (Wildman–Crippen MR) is 71.7 cm³/mol. The van der Waals surface area contributed by atoms with Crippen molar-refractivity contribution < 1.29 is 4.79 Å². The van der Waals surface area contributed by atoms with Gasteiger partial charge in [-0.2, -0.15) is 0 Å². The summed E-state index contributed by atoms with van der Waals surface area (Å²) < 4.78 is 0. The Hall–Kier alpha value is -0.940. The number of fused-ring (bicyclic) bond motifs is 1. The molecule has 1 aliphatic carbocycles. The molecule has 1 fully saturated rings. The SMILES string of the molecule is CC(=O)N1CCN(Cc2nc3c(s2)CCC3)CC1. The second-order valence-corrected chi connectivity index (χ2v) is 6.28. The zero-order valence-electron chi connectivity index (χ0n) is 10.8. The second kappa shape index (κ2) is 4.97. The van der Waals surface area contributed by atoms with E-state index in [0.717, 1.165) is 32.7 Å². The number of amides is 1. The molecule has 1 aliphatic heterocycles. The maximum atomic E-state index is 11.3. The Labute approximate surface area is 112 Å². The fourth-order valence-corrected chi connectivity index (χ4v) is 3.92. The monoisotopic (exact) mass is 265 g/mol. The predicted octanol–water partition coefficient (Wildman–Crippen LogP) is 1.30. The number of carbonyl (C=O) groups is 1. The van der Waals surface area contributed by atoms with Gasteiger partial charge in [-0.25, -0.2) is 4.98 Å².